The molecule has 0 fully saturated rings. The quantitative estimate of drug-likeness (QED) is 0.0608. The normalized spacial score (nSPS) is 13.7. The van der Waals surface area contributed by atoms with E-state index in [1.54, 1.807) is 0 Å². The maximum Gasteiger partial charge on any atom is 0.194 e. The number of hydrogen-bond donors (Lipinski definition) is 6. The number of nitrogens with two attached hydrogens (primary N) is 2. The van der Waals surface area contributed by atoms with Gasteiger partial charge in [0.15, 0.2) is 22.1 Å². The number of aliphatic imine (C=N–C) groups is 2. The first-order valence-corrected chi connectivity index (χ1v) is 14.9. The number of unbranched alkanes of at least 4 members (excludes halogenated alkanes) is 5. The van der Waals surface area contributed by atoms with Crippen molar-refractivity contribution >= 4 is 46.6 Å². The predicted molar refractivity (Wildman–Crippen MR) is 166 cm³/mol. The van der Waals surface area contributed by atoms with Crippen molar-refractivity contribution < 1.29 is 0 Å². The number of hydrogen-bond acceptors (Lipinski definition) is 4. The second-order valence-corrected chi connectivity index (χ2v) is 10.3. The van der Waals surface area contributed by atoms with Crippen molar-refractivity contribution in [3.05, 3.63) is 0 Å². The summed E-state index contributed by atoms with van der Waals surface area (Å²) in [6.07, 6.45) is 13.8. The summed E-state index contributed by atoms with van der Waals surface area (Å²) in [5.74, 6) is 1.97. The van der Waals surface area contributed by atoms with E-state index in [1.165, 1.54) is 38.5 Å². The Morgan fingerprint density at radius 3 is 1.36 bits per heavy atom. The van der Waals surface area contributed by atoms with E-state index in [2.05, 4.69) is 58.9 Å². The summed E-state index contributed by atoms with van der Waals surface area (Å²) < 4.78 is 0. The Balaban J connectivity index is 3.85. The van der Waals surface area contributed by atoms with Crippen LogP contribution in [0.3, 0.4) is 0 Å². The van der Waals surface area contributed by atoms with Gasteiger partial charge >= 0.3 is 0 Å². The summed E-state index contributed by atoms with van der Waals surface area (Å²) in [6.45, 7) is 12.0. The lowest BCUT2D eigenvalue weighted by Crippen LogP contribution is -2.43. The molecule has 210 valence electrons. The second kappa shape index (κ2) is 23.7. The van der Waals surface area contributed by atoms with E-state index in [-0.39, 0.29) is 0 Å². The van der Waals surface area contributed by atoms with Crippen molar-refractivity contribution in [1.29, 1.82) is 0 Å². The fourth-order valence-electron chi connectivity index (χ4n) is 3.70. The Morgan fingerprint density at radius 1 is 0.639 bits per heavy atom. The number of rotatable bonds is 19. The first-order valence-electron chi connectivity index (χ1n) is 14.1. The molecule has 0 amide bonds. The fraction of sp³-hybridized carbons (Fsp3) is 0.846. The minimum Gasteiger partial charge on any atom is -0.370 e. The Labute approximate surface area is 231 Å². The summed E-state index contributed by atoms with van der Waals surface area (Å²) in [5, 5.41) is 13.4. The van der Waals surface area contributed by atoms with Crippen molar-refractivity contribution in [2.45, 2.75) is 105 Å². The Kier molecular flexibility index (Phi) is 22.6. The second-order valence-electron chi connectivity index (χ2n) is 9.46. The molecule has 0 rings (SSSR count). The van der Waals surface area contributed by atoms with Crippen molar-refractivity contribution in [3.8, 4) is 0 Å². The molecule has 0 aliphatic rings. The standard InChI is InChI=1S/C26H54N8S2/c1-5-9-15-21(7-3)19-31-23(27)33-25(35)29-17-13-11-12-14-18-30-26(36)34-24(28)32-20-22(8-4)16-10-6-2/h21-22H,5-20H2,1-4H3,(H4,27,29,31,33,35)(H4,28,30,32,34,36). The van der Waals surface area contributed by atoms with Gasteiger partial charge in [0.25, 0.3) is 0 Å². The highest BCUT2D eigenvalue weighted by atomic mass is 32.1. The molecule has 0 aromatic heterocycles. The third-order valence-corrected chi connectivity index (χ3v) is 6.78. The summed E-state index contributed by atoms with van der Waals surface area (Å²) in [6, 6.07) is 0. The number of thiocarbonyl (C=S) groups is 2. The summed E-state index contributed by atoms with van der Waals surface area (Å²) in [4.78, 5) is 8.90. The summed E-state index contributed by atoms with van der Waals surface area (Å²) in [5.41, 5.74) is 11.9. The van der Waals surface area contributed by atoms with Crippen molar-refractivity contribution in [3.63, 3.8) is 0 Å². The maximum atomic E-state index is 5.97. The van der Waals surface area contributed by atoms with Gasteiger partial charge in [0.1, 0.15) is 0 Å². The highest BCUT2D eigenvalue weighted by Gasteiger charge is 2.07. The molecule has 2 atom stereocenters. The Morgan fingerprint density at radius 2 is 1.03 bits per heavy atom. The van der Waals surface area contributed by atoms with Crippen molar-refractivity contribution in [1.82, 2.24) is 21.3 Å². The third kappa shape index (κ3) is 20.5. The average Bonchev–Trinajstić information content (AvgIpc) is 2.85. The van der Waals surface area contributed by atoms with Gasteiger partial charge < -0.3 is 32.7 Å². The van der Waals surface area contributed by atoms with Crippen LogP contribution < -0.4 is 32.7 Å². The minimum absolute atomic E-state index is 0.394. The van der Waals surface area contributed by atoms with Crippen LogP contribution in [-0.4, -0.2) is 48.3 Å². The van der Waals surface area contributed by atoms with E-state index in [0.29, 0.717) is 34.0 Å². The largest absolute Gasteiger partial charge is 0.370 e. The molecule has 0 heterocycles. The van der Waals surface area contributed by atoms with Crippen LogP contribution >= 0.6 is 24.4 Å². The molecule has 0 radical (unpaired) electrons. The molecule has 10 heteroatoms. The molecular weight excluding hydrogens is 488 g/mol. The smallest absolute Gasteiger partial charge is 0.194 e. The first-order chi connectivity index (χ1) is 17.4. The van der Waals surface area contributed by atoms with Crippen molar-refractivity contribution in [2.75, 3.05) is 26.2 Å². The monoisotopic (exact) mass is 542 g/mol. The van der Waals surface area contributed by atoms with E-state index in [4.69, 9.17) is 35.9 Å². The molecule has 0 aromatic carbocycles. The van der Waals surface area contributed by atoms with E-state index in [1.807, 2.05) is 0 Å². The van der Waals surface area contributed by atoms with Crippen LogP contribution in [-0.2, 0) is 0 Å². The van der Waals surface area contributed by atoms with Gasteiger partial charge in [-0.05, 0) is 62.0 Å². The predicted octanol–water partition coefficient (Wildman–Crippen LogP) is 4.54. The highest BCUT2D eigenvalue weighted by Crippen LogP contribution is 2.13. The molecule has 36 heavy (non-hydrogen) atoms. The van der Waals surface area contributed by atoms with Crippen molar-refractivity contribution in [2.24, 2.45) is 33.3 Å². The molecule has 0 saturated heterocycles. The molecule has 8 nitrogen and oxygen atoms in total. The zero-order valence-electron chi connectivity index (χ0n) is 23.3. The van der Waals surface area contributed by atoms with Gasteiger partial charge in [-0.1, -0.05) is 79.1 Å². The number of guanidine groups is 2. The lowest BCUT2D eigenvalue weighted by molar-refractivity contribution is 0.462. The van der Waals surface area contributed by atoms with Crippen LogP contribution in [0.15, 0.2) is 9.98 Å². The van der Waals surface area contributed by atoms with E-state index in [0.717, 1.165) is 64.7 Å². The van der Waals surface area contributed by atoms with Gasteiger partial charge in [-0.2, -0.15) is 0 Å². The average molecular weight is 543 g/mol. The maximum absolute atomic E-state index is 5.97. The SMILES string of the molecule is CCCCC(CC)CN=C(N)NC(=S)NCCCCCCNC(=S)NC(N)=NCC(CC)CCCC. The van der Waals surface area contributed by atoms with E-state index in [9.17, 15) is 0 Å². The van der Waals surface area contributed by atoms with E-state index < -0.39 is 0 Å². The van der Waals surface area contributed by atoms with Gasteiger partial charge in [0.2, 0.25) is 0 Å². The molecule has 8 N–H and O–H groups in total. The summed E-state index contributed by atoms with van der Waals surface area (Å²) >= 11 is 10.6. The zero-order valence-corrected chi connectivity index (χ0v) is 25.0. The lowest BCUT2D eigenvalue weighted by Gasteiger charge is -2.13. The van der Waals surface area contributed by atoms with Crippen LogP contribution in [0.4, 0.5) is 0 Å². The number of nitrogens with one attached hydrogen (secondary N) is 4. The van der Waals surface area contributed by atoms with Gasteiger partial charge in [-0.25, -0.2) is 0 Å². The minimum atomic E-state index is 0.394. The highest BCUT2D eigenvalue weighted by molar-refractivity contribution is 7.80. The topological polar surface area (TPSA) is 125 Å². The number of nitrogens with zero attached hydrogens (tertiary/aromatic N) is 2. The van der Waals surface area contributed by atoms with Crippen LogP contribution in [0, 0.1) is 11.8 Å². The zero-order chi connectivity index (χ0) is 27.0. The molecule has 0 aromatic rings. The molecular formula is C26H54N8S2. The molecule has 0 bridgehead atoms. The van der Waals surface area contributed by atoms with Gasteiger partial charge in [-0.3, -0.25) is 9.98 Å². The summed E-state index contributed by atoms with van der Waals surface area (Å²) in [7, 11) is 0. The molecule has 0 aliphatic heterocycles. The van der Waals surface area contributed by atoms with Gasteiger partial charge in [0, 0.05) is 26.2 Å². The molecule has 0 saturated carbocycles. The van der Waals surface area contributed by atoms with Crippen LogP contribution in [0.1, 0.15) is 105 Å². The Hall–Kier alpha value is -1.68. The molecule has 2 unspecified atom stereocenters. The van der Waals surface area contributed by atoms with Crippen LogP contribution in [0.25, 0.3) is 0 Å². The van der Waals surface area contributed by atoms with Gasteiger partial charge in [-0.15, -0.1) is 0 Å². The first kappa shape index (κ1) is 34.3. The lowest BCUT2D eigenvalue weighted by atomic mass is 10.00. The fourth-order valence-corrected chi connectivity index (χ4v) is 4.11. The molecule has 0 aliphatic carbocycles. The van der Waals surface area contributed by atoms with Crippen LogP contribution in [0.5, 0.6) is 0 Å². The third-order valence-electron chi connectivity index (χ3n) is 6.28. The molecule has 0 spiro atoms. The van der Waals surface area contributed by atoms with Gasteiger partial charge in [0.05, 0.1) is 0 Å². The van der Waals surface area contributed by atoms with Crippen LogP contribution in [0.2, 0.25) is 0 Å². The Bertz CT molecular complexity index is 585. The van der Waals surface area contributed by atoms with E-state index >= 15 is 0 Å².